The highest BCUT2D eigenvalue weighted by atomic mass is 16.5. The summed E-state index contributed by atoms with van der Waals surface area (Å²) >= 11 is 0. The molecule has 0 N–H and O–H groups in total. The highest BCUT2D eigenvalue weighted by Crippen LogP contribution is 2.23. The molecule has 0 aliphatic carbocycles. The number of benzene rings is 1. The second-order valence-corrected chi connectivity index (χ2v) is 5.50. The summed E-state index contributed by atoms with van der Waals surface area (Å²) in [6.07, 6.45) is 0.388. The summed E-state index contributed by atoms with van der Waals surface area (Å²) in [7, 11) is 1.23. The van der Waals surface area contributed by atoms with Gasteiger partial charge in [-0.3, -0.25) is 14.5 Å². The molecule has 0 saturated carbocycles. The maximum atomic E-state index is 12.1. The van der Waals surface area contributed by atoms with Crippen LogP contribution in [0.1, 0.15) is 39.5 Å². The van der Waals surface area contributed by atoms with Gasteiger partial charge in [0, 0.05) is 12.8 Å². The fraction of sp³-hybridized carbons (Fsp3) is 0.222. The predicted molar refractivity (Wildman–Crippen MR) is 87.3 cm³/mol. The Morgan fingerprint density at radius 2 is 1.65 bits per heavy atom. The fourth-order valence-electron chi connectivity index (χ4n) is 2.50. The van der Waals surface area contributed by atoms with E-state index in [1.807, 2.05) is 0 Å². The summed E-state index contributed by atoms with van der Waals surface area (Å²) in [6, 6.07) is 8.90. The Hall–Kier alpha value is -3.42. The van der Waals surface area contributed by atoms with Crippen molar-refractivity contribution in [3.63, 3.8) is 0 Å². The number of imide groups is 1. The third kappa shape index (κ3) is 3.49. The van der Waals surface area contributed by atoms with Gasteiger partial charge >= 0.3 is 11.9 Å². The first kappa shape index (κ1) is 17.4. The van der Waals surface area contributed by atoms with Crippen LogP contribution >= 0.6 is 0 Å². The molecule has 1 aliphatic rings. The van der Waals surface area contributed by atoms with Crippen molar-refractivity contribution < 1.29 is 33.1 Å². The van der Waals surface area contributed by atoms with E-state index in [1.165, 1.54) is 43.5 Å². The lowest BCUT2D eigenvalue weighted by Gasteiger charge is -2.13. The minimum absolute atomic E-state index is 0.0165. The Balaban J connectivity index is 1.61. The first-order valence-electron chi connectivity index (χ1n) is 7.79. The standard InChI is InChI=1S/C18H15NO7/c1-24-18(23)14-7-6-13(26-14)10-25-17(22)11-2-4-12(5-3-11)19-15(20)8-9-16(19)21/h2-7H,8-10H2,1H3. The van der Waals surface area contributed by atoms with Crippen molar-refractivity contribution >= 4 is 29.4 Å². The molecule has 134 valence electrons. The molecule has 0 spiro atoms. The van der Waals surface area contributed by atoms with Gasteiger partial charge in [-0.25, -0.2) is 9.59 Å². The smallest absolute Gasteiger partial charge is 0.373 e. The Bertz CT molecular complexity index is 850. The highest BCUT2D eigenvalue weighted by molar-refractivity contribution is 6.19. The molecule has 0 bridgehead atoms. The van der Waals surface area contributed by atoms with Crippen molar-refractivity contribution in [2.24, 2.45) is 0 Å². The minimum Gasteiger partial charge on any atom is -0.463 e. The van der Waals surface area contributed by atoms with Crippen LogP contribution in [0, 0.1) is 0 Å². The molecule has 8 heteroatoms. The van der Waals surface area contributed by atoms with Crippen LogP contribution in [0.25, 0.3) is 0 Å². The average molecular weight is 357 g/mol. The number of anilines is 1. The van der Waals surface area contributed by atoms with Gasteiger partial charge in [0.2, 0.25) is 17.6 Å². The third-order valence-electron chi connectivity index (χ3n) is 3.81. The number of furan rings is 1. The predicted octanol–water partition coefficient (Wildman–Crippen LogP) is 2.08. The maximum absolute atomic E-state index is 12.1. The largest absolute Gasteiger partial charge is 0.463 e. The molecule has 26 heavy (non-hydrogen) atoms. The first-order chi connectivity index (χ1) is 12.5. The summed E-state index contributed by atoms with van der Waals surface area (Å²) in [6.45, 7) is -0.152. The summed E-state index contributed by atoms with van der Waals surface area (Å²) in [5.41, 5.74) is 0.676. The minimum atomic E-state index is -0.621. The molecule has 1 saturated heterocycles. The van der Waals surface area contributed by atoms with E-state index in [4.69, 9.17) is 9.15 Å². The van der Waals surface area contributed by atoms with Crippen molar-refractivity contribution in [1.29, 1.82) is 0 Å². The van der Waals surface area contributed by atoms with E-state index in [1.54, 1.807) is 0 Å². The lowest BCUT2D eigenvalue weighted by Crippen LogP contribution is -2.28. The van der Waals surface area contributed by atoms with E-state index in [2.05, 4.69) is 4.74 Å². The number of carbonyl (C=O) groups excluding carboxylic acids is 4. The summed E-state index contributed by atoms with van der Waals surface area (Å²) < 4.78 is 14.8. The van der Waals surface area contributed by atoms with Crippen molar-refractivity contribution in [1.82, 2.24) is 0 Å². The number of carbonyl (C=O) groups is 4. The topological polar surface area (TPSA) is 103 Å². The van der Waals surface area contributed by atoms with Gasteiger partial charge in [-0.15, -0.1) is 0 Å². The molecule has 2 heterocycles. The lowest BCUT2D eigenvalue weighted by atomic mass is 10.2. The van der Waals surface area contributed by atoms with Crippen LogP contribution in [0.2, 0.25) is 0 Å². The number of rotatable bonds is 5. The van der Waals surface area contributed by atoms with E-state index in [9.17, 15) is 19.2 Å². The van der Waals surface area contributed by atoms with Crippen LogP contribution in [0.3, 0.4) is 0 Å². The van der Waals surface area contributed by atoms with Crippen LogP contribution < -0.4 is 4.90 Å². The van der Waals surface area contributed by atoms with E-state index < -0.39 is 11.9 Å². The zero-order chi connectivity index (χ0) is 18.7. The highest BCUT2D eigenvalue weighted by Gasteiger charge is 2.30. The molecular weight excluding hydrogens is 342 g/mol. The van der Waals surface area contributed by atoms with Crippen molar-refractivity contribution in [3.8, 4) is 0 Å². The van der Waals surface area contributed by atoms with E-state index in [0.29, 0.717) is 11.4 Å². The zero-order valence-corrected chi connectivity index (χ0v) is 13.9. The van der Waals surface area contributed by atoms with Gasteiger partial charge in [-0.05, 0) is 36.4 Å². The Morgan fingerprint density at radius 3 is 2.27 bits per heavy atom. The molecule has 3 rings (SSSR count). The van der Waals surface area contributed by atoms with Crippen LogP contribution in [-0.4, -0.2) is 30.9 Å². The number of ether oxygens (including phenoxy) is 2. The van der Waals surface area contributed by atoms with Crippen LogP contribution in [0.4, 0.5) is 5.69 Å². The van der Waals surface area contributed by atoms with Gasteiger partial charge in [0.05, 0.1) is 18.4 Å². The summed E-state index contributed by atoms with van der Waals surface area (Å²) in [5, 5.41) is 0. The SMILES string of the molecule is COC(=O)c1ccc(COC(=O)c2ccc(N3C(=O)CCC3=O)cc2)o1. The average Bonchev–Trinajstić information content (AvgIpc) is 3.26. The van der Waals surface area contributed by atoms with Gasteiger partial charge < -0.3 is 13.9 Å². The number of amides is 2. The van der Waals surface area contributed by atoms with Crippen molar-refractivity contribution in [2.75, 3.05) is 12.0 Å². The zero-order valence-electron chi connectivity index (χ0n) is 13.9. The van der Waals surface area contributed by atoms with Gasteiger partial charge in [-0.1, -0.05) is 0 Å². The van der Waals surface area contributed by atoms with Gasteiger partial charge in [0.25, 0.3) is 0 Å². The Morgan fingerprint density at radius 1 is 1.00 bits per heavy atom. The van der Waals surface area contributed by atoms with Gasteiger partial charge in [-0.2, -0.15) is 0 Å². The molecule has 0 unspecified atom stereocenters. The molecule has 1 aromatic carbocycles. The summed E-state index contributed by atoms with van der Waals surface area (Å²) in [4.78, 5) is 47.9. The van der Waals surface area contributed by atoms with E-state index in [0.717, 1.165) is 4.90 Å². The van der Waals surface area contributed by atoms with Crippen LogP contribution in [-0.2, 0) is 25.7 Å². The van der Waals surface area contributed by atoms with Gasteiger partial charge in [0.1, 0.15) is 12.4 Å². The molecule has 2 aromatic rings. The first-order valence-corrected chi connectivity index (χ1v) is 7.79. The summed E-state index contributed by atoms with van der Waals surface area (Å²) in [5.74, 6) is -1.43. The molecule has 0 atom stereocenters. The Kier molecular flexibility index (Phi) is 4.83. The number of hydrogen-bond acceptors (Lipinski definition) is 7. The normalized spacial score (nSPS) is 13.8. The third-order valence-corrected chi connectivity index (χ3v) is 3.81. The van der Waals surface area contributed by atoms with Crippen LogP contribution in [0.5, 0.6) is 0 Å². The molecule has 0 radical (unpaired) electrons. The fourth-order valence-corrected chi connectivity index (χ4v) is 2.50. The van der Waals surface area contributed by atoms with Crippen LogP contribution in [0.15, 0.2) is 40.8 Å². The second kappa shape index (κ2) is 7.22. The molecule has 1 fully saturated rings. The quantitative estimate of drug-likeness (QED) is 0.596. The molecule has 2 amide bonds. The lowest BCUT2D eigenvalue weighted by molar-refractivity contribution is -0.121. The molecule has 8 nitrogen and oxygen atoms in total. The van der Waals surface area contributed by atoms with E-state index >= 15 is 0 Å². The monoisotopic (exact) mass is 357 g/mol. The van der Waals surface area contributed by atoms with E-state index in [-0.39, 0.29) is 42.6 Å². The van der Waals surface area contributed by atoms with Crippen molar-refractivity contribution in [3.05, 3.63) is 53.5 Å². The number of hydrogen-bond donors (Lipinski definition) is 0. The number of esters is 2. The number of methoxy groups -OCH3 is 1. The molecule has 1 aliphatic heterocycles. The Labute approximate surface area is 148 Å². The second-order valence-electron chi connectivity index (χ2n) is 5.50. The van der Waals surface area contributed by atoms with Gasteiger partial charge in [0.15, 0.2) is 0 Å². The molecular formula is C18H15NO7. The molecule has 1 aromatic heterocycles. The van der Waals surface area contributed by atoms with Crippen molar-refractivity contribution in [2.45, 2.75) is 19.4 Å². The number of nitrogens with zero attached hydrogens (tertiary/aromatic N) is 1. The maximum Gasteiger partial charge on any atom is 0.373 e.